The summed E-state index contributed by atoms with van der Waals surface area (Å²) in [5.74, 6) is 0.677. The van der Waals surface area contributed by atoms with Gasteiger partial charge in [-0.25, -0.2) is 4.39 Å². The van der Waals surface area contributed by atoms with E-state index in [0.29, 0.717) is 5.75 Å². The predicted octanol–water partition coefficient (Wildman–Crippen LogP) is 2.74. The standard InChI is InChI=1S/C12H15FINO/c1-12(2,15)8-9-3-4-10(14)11(7-9)16-6-5-13/h3-4,7-8H,1,5-6,15H2,2H3. The van der Waals surface area contributed by atoms with Crippen LogP contribution in [-0.4, -0.2) is 18.8 Å². The fourth-order valence-electron chi connectivity index (χ4n) is 1.25. The van der Waals surface area contributed by atoms with Gasteiger partial charge in [0.2, 0.25) is 0 Å². The van der Waals surface area contributed by atoms with Gasteiger partial charge in [0.15, 0.2) is 0 Å². The molecule has 0 bridgehead atoms. The molecule has 0 spiro atoms. The first-order chi connectivity index (χ1) is 7.42. The first-order valence-electron chi connectivity index (χ1n) is 4.91. The Bertz CT molecular complexity index is 349. The molecular weight excluding hydrogens is 320 g/mol. The third-order valence-corrected chi connectivity index (χ3v) is 2.68. The van der Waals surface area contributed by atoms with Gasteiger partial charge in [-0.1, -0.05) is 6.07 Å². The highest BCUT2D eigenvalue weighted by molar-refractivity contribution is 14.1. The van der Waals surface area contributed by atoms with E-state index in [2.05, 4.69) is 29.5 Å². The van der Waals surface area contributed by atoms with Gasteiger partial charge in [-0.05, 0) is 54.1 Å². The lowest BCUT2D eigenvalue weighted by molar-refractivity contribution is 0.271. The number of alkyl halides is 1. The van der Waals surface area contributed by atoms with Crippen LogP contribution in [0.1, 0.15) is 12.5 Å². The number of nitrogens with two attached hydrogens (primary N) is 1. The van der Waals surface area contributed by atoms with Crippen molar-refractivity contribution < 1.29 is 9.13 Å². The van der Waals surface area contributed by atoms with Crippen LogP contribution in [-0.2, 0) is 0 Å². The van der Waals surface area contributed by atoms with Gasteiger partial charge in [0, 0.05) is 12.0 Å². The molecule has 0 aromatic heterocycles. The lowest BCUT2D eigenvalue weighted by atomic mass is 9.96. The molecule has 0 fully saturated rings. The minimum Gasteiger partial charge on any atom is -0.490 e. The topological polar surface area (TPSA) is 35.2 Å². The third-order valence-electron chi connectivity index (χ3n) is 1.79. The van der Waals surface area contributed by atoms with Gasteiger partial charge in [0.25, 0.3) is 0 Å². The molecule has 2 nitrogen and oxygen atoms in total. The number of hydrogen-bond donors (Lipinski definition) is 1. The van der Waals surface area contributed by atoms with E-state index in [1.54, 1.807) is 0 Å². The third kappa shape index (κ3) is 4.65. The Labute approximate surface area is 110 Å². The summed E-state index contributed by atoms with van der Waals surface area (Å²) >= 11 is 2.15. The smallest absolute Gasteiger partial charge is 0.133 e. The van der Waals surface area contributed by atoms with Crippen LogP contribution in [0.2, 0.25) is 0 Å². The maximum absolute atomic E-state index is 12.0. The van der Waals surface area contributed by atoms with Crippen LogP contribution < -0.4 is 10.5 Å². The van der Waals surface area contributed by atoms with Crippen LogP contribution in [0.15, 0.2) is 18.2 Å². The van der Waals surface area contributed by atoms with Gasteiger partial charge in [-0.15, -0.1) is 0 Å². The van der Waals surface area contributed by atoms with Crippen molar-refractivity contribution in [1.29, 1.82) is 0 Å². The summed E-state index contributed by atoms with van der Waals surface area (Å²) in [5.41, 5.74) is 6.09. The molecule has 0 aliphatic heterocycles. The monoisotopic (exact) mass is 335 g/mol. The average molecular weight is 335 g/mol. The van der Waals surface area contributed by atoms with Gasteiger partial charge in [0.1, 0.15) is 19.0 Å². The second-order valence-electron chi connectivity index (χ2n) is 3.88. The summed E-state index contributed by atoms with van der Waals surface area (Å²) in [6.07, 6.45) is 1.84. The van der Waals surface area contributed by atoms with Crippen molar-refractivity contribution >= 4 is 22.6 Å². The highest BCUT2D eigenvalue weighted by Gasteiger charge is 2.13. The molecule has 0 saturated carbocycles. The van der Waals surface area contributed by atoms with E-state index in [1.807, 2.05) is 31.5 Å². The molecule has 1 atom stereocenters. The van der Waals surface area contributed by atoms with Crippen molar-refractivity contribution in [2.24, 2.45) is 5.73 Å². The summed E-state index contributed by atoms with van der Waals surface area (Å²) in [6, 6.07) is 5.68. The Morgan fingerprint density at radius 1 is 1.62 bits per heavy atom. The van der Waals surface area contributed by atoms with Crippen LogP contribution >= 0.6 is 22.6 Å². The molecular formula is C12H15FINO. The van der Waals surface area contributed by atoms with Gasteiger partial charge < -0.3 is 10.5 Å². The summed E-state index contributed by atoms with van der Waals surface area (Å²) in [7, 11) is 0. The van der Waals surface area contributed by atoms with Crippen LogP contribution in [0.25, 0.3) is 0 Å². The summed E-state index contributed by atoms with van der Waals surface area (Å²) in [5, 5.41) is 0. The molecule has 1 rings (SSSR count). The zero-order chi connectivity index (χ0) is 12.2. The van der Waals surface area contributed by atoms with E-state index >= 15 is 0 Å². The van der Waals surface area contributed by atoms with E-state index < -0.39 is 12.2 Å². The Kier molecular flexibility index (Phi) is 4.98. The average Bonchev–Trinajstić information content (AvgIpc) is 2.17. The molecule has 0 amide bonds. The van der Waals surface area contributed by atoms with Crippen molar-refractivity contribution in [3.8, 4) is 5.75 Å². The molecule has 0 aliphatic carbocycles. The van der Waals surface area contributed by atoms with Crippen molar-refractivity contribution in [1.82, 2.24) is 0 Å². The van der Waals surface area contributed by atoms with Crippen LogP contribution in [0.3, 0.4) is 0 Å². The van der Waals surface area contributed by atoms with Gasteiger partial charge in [-0.2, -0.15) is 0 Å². The number of benzene rings is 1. The number of halogens is 2. The summed E-state index contributed by atoms with van der Waals surface area (Å²) in [6.45, 7) is 5.19. The molecule has 1 aromatic carbocycles. The molecule has 0 saturated heterocycles. The maximum atomic E-state index is 12.0. The van der Waals surface area contributed by atoms with Gasteiger partial charge in [0.05, 0.1) is 3.57 Å². The van der Waals surface area contributed by atoms with Crippen molar-refractivity contribution in [2.45, 2.75) is 12.5 Å². The van der Waals surface area contributed by atoms with Crippen LogP contribution in [0.4, 0.5) is 4.39 Å². The SMILES string of the molecule is [CH2]C(C)(N)[CH]c1ccc(I)c(OCCF)c1. The summed E-state index contributed by atoms with van der Waals surface area (Å²) in [4.78, 5) is 0. The Balaban J connectivity index is 2.81. The maximum Gasteiger partial charge on any atom is 0.133 e. The van der Waals surface area contributed by atoms with Crippen LogP contribution in [0.5, 0.6) is 5.75 Å². The minimum atomic E-state index is -0.621. The fourth-order valence-corrected chi connectivity index (χ4v) is 1.74. The minimum absolute atomic E-state index is 0.0731. The molecule has 16 heavy (non-hydrogen) atoms. The highest BCUT2D eigenvalue weighted by atomic mass is 127. The van der Waals surface area contributed by atoms with E-state index in [4.69, 9.17) is 10.5 Å². The molecule has 4 heteroatoms. The highest BCUT2D eigenvalue weighted by Crippen LogP contribution is 2.24. The van der Waals surface area contributed by atoms with E-state index in [-0.39, 0.29) is 6.61 Å². The van der Waals surface area contributed by atoms with Crippen molar-refractivity contribution in [3.05, 3.63) is 40.7 Å². The van der Waals surface area contributed by atoms with Gasteiger partial charge in [-0.3, -0.25) is 0 Å². The molecule has 1 unspecified atom stereocenters. The first kappa shape index (κ1) is 13.7. The number of hydrogen-bond acceptors (Lipinski definition) is 2. The fraction of sp³-hybridized carbons (Fsp3) is 0.333. The zero-order valence-electron chi connectivity index (χ0n) is 9.17. The molecule has 88 valence electrons. The van der Waals surface area contributed by atoms with Gasteiger partial charge >= 0.3 is 0 Å². The van der Waals surface area contributed by atoms with E-state index in [0.717, 1.165) is 9.13 Å². The number of ether oxygens (including phenoxy) is 1. The molecule has 1 aromatic rings. The Morgan fingerprint density at radius 2 is 2.31 bits per heavy atom. The number of rotatable bonds is 5. The molecule has 0 heterocycles. The largest absolute Gasteiger partial charge is 0.490 e. The van der Waals surface area contributed by atoms with Crippen molar-refractivity contribution in [3.63, 3.8) is 0 Å². The molecule has 2 N–H and O–H groups in total. The Morgan fingerprint density at radius 3 is 2.88 bits per heavy atom. The predicted molar refractivity (Wildman–Crippen MR) is 72.0 cm³/mol. The Hall–Kier alpha value is -0.360. The summed E-state index contributed by atoms with van der Waals surface area (Å²) < 4.78 is 18.2. The second kappa shape index (κ2) is 5.82. The lowest BCUT2D eigenvalue weighted by Crippen LogP contribution is -2.33. The van der Waals surface area contributed by atoms with Crippen LogP contribution in [0, 0.1) is 16.9 Å². The van der Waals surface area contributed by atoms with E-state index in [9.17, 15) is 4.39 Å². The molecule has 2 radical (unpaired) electrons. The normalized spacial score (nSPS) is 11.6. The van der Waals surface area contributed by atoms with Crippen molar-refractivity contribution in [2.75, 3.05) is 13.3 Å². The lowest BCUT2D eigenvalue weighted by Gasteiger charge is -2.18. The molecule has 0 aliphatic rings. The van der Waals surface area contributed by atoms with E-state index in [1.165, 1.54) is 0 Å². The second-order valence-corrected chi connectivity index (χ2v) is 5.04. The quantitative estimate of drug-likeness (QED) is 0.840. The first-order valence-corrected chi connectivity index (χ1v) is 5.99. The zero-order valence-corrected chi connectivity index (χ0v) is 11.3.